The zero-order valence-electron chi connectivity index (χ0n) is 17.0. The van der Waals surface area contributed by atoms with Gasteiger partial charge in [0.25, 0.3) is 10.0 Å². The number of benzene rings is 2. The number of aryl methyl sites for hydroxylation is 3. The molecule has 1 heterocycles. The van der Waals surface area contributed by atoms with Crippen molar-refractivity contribution in [2.45, 2.75) is 44.4 Å². The van der Waals surface area contributed by atoms with Crippen LogP contribution in [0.15, 0.2) is 35.2 Å². The van der Waals surface area contributed by atoms with Crippen molar-refractivity contribution in [3.05, 3.63) is 47.0 Å². The molecule has 1 N–H and O–H groups in total. The highest BCUT2D eigenvalue weighted by atomic mass is 32.2. The summed E-state index contributed by atoms with van der Waals surface area (Å²) in [5.41, 5.74) is 3.82. The van der Waals surface area contributed by atoms with E-state index in [0.29, 0.717) is 17.0 Å². The highest BCUT2D eigenvalue weighted by Gasteiger charge is 2.35. The molecule has 1 aliphatic carbocycles. The van der Waals surface area contributed by atoms with Gasteiger partial charge in [-0.25, -0.2) is 8.42 Å². The van der Waals surface area contributed by atoms with Gasteiger partial charge in [0.1, 0.15) is 5.75 Å². The number of hydrogen-bond donors (Lipinski definition) is 1. The Balaban J connectivity index is 1.61. The number of nitrogens with one attached hydrogen (secondary N) is 1. The molecule has 0 atom stereocenters. The number of carbonyl (C=O) groups is 1. The van der Waals surface area contributed by atoms with Gasteiger partial charge in [0.05, 0.1) is 12.0 Å². The minimum absolute atomic E-state index is 0.167. The van der Waals surface area contributed by atoms with Crippen molar-refractivity contribution < 1.29 is 17.9 Å². The van der Waals surface area contributed by atoms with Crippen molar-refractivity contribution in [3.63, 3.8) is 0 Å². The Morgan fingerprint density at radius 3 is 2.59 bits per heavy atom. The fourth-order valence-electron chi connectivity index (χ4n) is 3.92. The monoisotopic (exact) mass is 414 g/mol. The Kier molecular flexibility index (Phi) is 5.02. The van der Waals surface area contributed by atoms with Crippen molar-refractivity contribution in [3.8, 4) is 5.75 Å². The smallest absolute Gasteiger partial charge is 0.262 e. The van der Waals surface area contributed by atoms with Crippen molar-refractivity contribution in [2.75, 3.05) is 23.3 Å². The molecule has 0 aromatic heterocycles. The number of hydrogen-bond acceptors (Lipinski definition) is 4. The van der Waals surface area contributed by atoms with Crippen LogP contribution in [0.5, 0.6) is 5.75 Å². The van der Waals surface area contributed by atoms with E-state index in [4.69, 9.17) is 4.74 Å². The Morgan fingerprint density at radius 1 is 1.14 bits per heavy atom. The number of rotatable bonds is 5. The second-order valence-electron chi connectivity index (χ2n) is 7.90. The molecule has 154 valence electrons. The first kappa shape index (κ1) is 19.8. The topological polar surface area (TPSA) is 75.7 Å². The van der Waals surface area contributed by atoms with Crippen molar-refractivity contribution in [1.82, 2.24) is 0 Å². The van der Waals surface area contributed by atoms with E-state index >= 15 is 0 Å². The van der Waals surface area contributed by atoms with E-state index in [1.165, 1.54) is 0 Å². The average Bonchev–Trinajstić information content (AvgIpc) is 3.53. The molecule has 6 nitrogen and oxygen atoms in total. The van der Waals surface area contributed by atoms with E-state index in [-0.39, 0.29) is 16.7 Å². The number of amides is 1. The molecule has 2 aromatic carbocycles. The maximum atomic E-state index is 13.0. The number of fused-ring (bicyclic) bond motifs is 1. The zero-order valence-corrected chi connectivity index (χ0v) is 17.8. The van der Waals surface area contributed by atoms with Crippen molar-refractivity contribution in [1.29, 1.82) is 0 Å². The van der Waals surface area contributed by atoms with Crippen LogP contribution in [0.25, 0.3) is 0 Å². The van der Waals surface area contributed by atoms with E-state index in [9.17, 15) is 13.2 Å². The van der Waals surface area contributed by atoms with Gasteiger partial charge in [-0.2, -0.15) is 0 Å². The molecule has 1 saturated carbocycles. The Morgan fingerprint density at radius 2 is 1.90 bits per heavy atom. The van der Waals surface area contributed by atoms with Crippen molar-refractivity contribution >= 4 is 27.3 Å². The average molecular weight is 415 g/mol. The summed E-state index contributed by atoms with van der Waals surface area (Å²) in [6.07, 6.45) is 3.67. The van der Waals surface area contributed by atoms with Gasteiger partial charge in [-0.15, -0.1) is 0 Å². The molecule has 1 amide bonds. The quantitative estimate of drug-likeness (QED) is 0.807. The van der Waals surface area contributed by atoms with E-state index in [2.05, 4.69) is 4.72 Å². The lowest BCUT2D eigenvalue weighted by Gasteiger charge is -2.30. The summed E-state index contributed by atoms with van der Waals surface area (Å²) in [7, 11) is -2.17. The summed E-state index contributed by atoms with van der Waals surface area (Å²) in [5, 5.41) is 0. The van der Waals surface area contributed by atoms with Crippen LogP contribution in [0.3, 0.4) is 0 Å². The number of anilines is 2. The molecule has 0 unspecified atom stereocenters. The number of carbonyl (C=O) groups excluding carboxylic acids is 1. The first-order valence-corrected chi connectivity index (χ1v) is 11.4. The number of methoxy groups -OCH3 is 1. The van der Waals surface area contributed by atoms with E-state index in [1.807, 2.05) is 24.0 Å². The van der Waals surface area contributed by atoms with Crippen LogP contribution in [-0.2, 0) is 21.2 Å². The highest BCUT2D eigenvalue weighted by Crippen LogP contribution is 2.37. The molecular weight excluding hydrogens is 388 g/mol. The summed E-state index contributed by atoms with van der Waals surface area (Å²) < 4.78 is 34.0. The van der Waals surface area contributed by atoms with Crippen LogP contribution in [-0.4, -0.2) is 28.0 Å². The summed E-state index contributed by atoms with van der Waals surface area (Å²) in [6.45, 7) is 4.31. The van der Waals surface area contributed by atoms with Gasteiger partial charge in [-0.3, -0.25) is 9.52 Å². The molecule has 0 spiro atoms. The molecule has 1 fully saturated rings. The third-order valence-corrected chi connectivity index (χ3v) is 7.15. The second kappa shape index (κ2) is 7.37. The van der Waals surface area contributed by atoms with Gasteiger partial charge in [-0.05, 0) is 86.6 Å². The lowest BCUT2D eigenvalue weighted by atomic mass is 10.0. The summed E-state index contributed by atoms with van der Waals surface area (Å²) >= 11 is 0. The SMILES string of the molecule is COc1cc(C)c(S(=O)(=O)Nc2ccc3c(c2)CCCN3C(=O)C2CC2)cc1C. The number of ether oxygens (including phenoxy) is 1. The largest absolute Gasteiger partial charge is 0.496 e. The summed E-state index contributed by atoms with van der Waals surface area (Å²) in [4.78, 5) is 14.6. The Labute approximate surface area is 171 Å². The molecule has 0 saturated heterocycles. The maximum Gasteiger partial charge on any atom is 0.262 e. The molecule has 29 heavy (non-hydrogen) atoms. The minimum Gasteiger partial charge on any atom is -0.496 e. The predicted octanol–water partition coefficient (Wildman–Crippen LogP) is 3.80. The highest BCUT2D eigenvalue weighted by molar-refractivity contribution is 7.92. The van der Waals surface area contributed by atoms with Crippen LogP contribution < -0.4 is 14.4 Å². The fourth-order valence-corrected chi connectivity index (χ4v) is 5.28. The Bertz CT molecular complexity index is 1070. The van der Waals surface area contributed by atoms with Gasteiger partial charge >= 0.3 is 0 Å². The lowest BCUT2D eigenvalue weighted by Crippen LogP contribution is -2.36. The predicted molar refractivity (Wildman–Crippen MR) is 113 cm³/mol. The molecule has 2 aromatic rings. The minimum atomic E-state index is -3.74. The van der Waals surface area contributed by atoms with Gasteiger partial charge in [0.15, 0.2) is 0 Å². The zero-order chi connectivity index (χ0) is 20.8. The third kappa shape index (κ3) is 3.83. The maximum absolute atomic E-state index is 13.0. The van der Waals surface area contributed by atoms with Crippen LogP contribution in [0.2, 0.25) is 0 Å². The van der Waals surface area contributed by atoms with Crippen molar-refractivity contribution in [2.24, 2.45) is 5.92 Å². The van der Waals surface area contributed by atoms with Gasteiger partial charge in [0, 0.05) is 23.8 Å². The van der Waals surface area contributed by atoms with Gasteiger partial charge in [-0.1, -0.05) is 0 Å². The molecule has 4 rings (SSSR count). The van der Waals surface area contributed by atoms with Crippen LogP contribution in [0, 0.1) is 19.8 Å². The molecule has 2 aliphatic rings. The third-order valence-electron chi connectivity index (χ3n) is 5.62. The first-order valence-electron chi connectivity index (χ1n) is 9.92. The molecule has 7 heteroatoms. The number of sulfonamides is 1. The van der Waals surface area contributed by atoms with Crippen LogP contribution in [0.4, 0.5) is 11.4 Å². The standard InChI is InChI=1S/C22H26N2O4S/c1-14-12-21(15(2)11-20(14)28-3)29(26,27)23-18-8-9-19-17(13-18)5-4-10-24(19)22(25)16-6-7-16/h8-9,11-13,16,23H,4-7,10H2,1-3H3. The van der Waals surface area contributed by atoms with Crippen LogP contribution in [0.1, 0.15) is 36.0 Å². The van der Waals surface area contributed by atoms with Crippen LogP contribution >= 0.6 is 0 Å². The van der Waals surface area contributed by atoms with Gasteiger partial charge < -0.3 is 9.64 Å². The Hall–Kier alpha value is -2.54. The molecular formula is C22H26N2O4S. The van der Waals surface area contributed by atoms with E-state index < -0.39 is 10.0 Å². The lowest BCUT2D eigenvalue weighted by molar-refractivity contribution is -0.119. The summed E-state index contributed by atoms with van der Waals surface area (Å²) in [5.74, 6) is 1.03. The first-order chi connectivity index (χ1) is 13.8. The fraction of sp³-hybridized carbons (Fsp3) is 0.409. The molecule has 0 radical (unpaired) electrons. The summed E-state index contributed by atoms with van der Waals surface area (Å²) in [6, 6.07) is 8.81. The number of nitrogens with zero attached hydrogens (tertiary/aromatic N) is 1. The second-order valence-corrected chi connectivity index (χ2v) is 9.55. The normalized spacial score (nSPS) is 16.3. The van der Waals surface area contributed by atoms with E-state index in [0.717, 1.165) is 49.0 Å². The van der Waals surface area contributed by atoms with Gasteiger partial charge in [0.2, 0.25) is 5.91 Å². The molecule has 0 bridgehead atoms. The molecule has 1 aliphatic heterocycles. The van der Waals surface area contributed by atoms with E-state index in [1.54, 1.807) is 32.2 Å².